The second kappa shape index (κ2) is 6.07. The van der Waals surface area contributed by atoms with Gasteiger partial charge in [-0.05, 0) is 0 Å². The van der Waals surface area contributed by atoms with E-state index in [1.807, 2.05) is 0 Å². The van der Waals surface area contributed by atoms with Gasteiger partial charge in [0.15, 0.2) is 11.5 Å². The van der Waals surface area contributed by atoms with Crippen LogP contribution in [0.3, 0.4) is 0 Å². The fourth-order valence-electron chi connectivity index (χ4n) is 1.32. The number of esters is 1. The van der Waals surface area contributed by atoms with E-state index in [1.165, 1.54) is 0 Å². The molecule has 1 heterocycles. The highest BCUT2D eigenvalue weighted by Crippen LogP contribution is 2.18. The van der Waals surface area contributed by atoms with Crippen LogP contribution in [0.15, 0.2) is 6.20 Å². The summed E-state index contributed by atoms with van der Waals surface area (Å²) in [5.41, 5.74) is 9.91. The average molecular weight is 270 g/mol. The Morgan fingerprint density at radius 3 is 2.63 bits per heavy atom. The van der Waals surface area contributed by atoms with Crippen molar-refractivity contribution in [3.8, 4) is 0 Å². The number of aliphatic hydroxyl groups is 2. The lowest BCUT2D eigenvalue weighted by Crippen LogP contribution is -2.27. The molecule has 0 saturated carbocycles. The number of nitrogen functional groups attached to an aromatic ring is 1. The Labute approximate surface area is 108 Å². The lowest BCUT2D eigenvalue weighted by Gasteiger charge is -2.16. The molecule has 9 heteroatoms. The third-order valence-electron chi connectivity index (χ3n) is 2.28. The molecule has 6 N–H and O–H groups in total. The number of ether oxygens (including phenoxy) is 1. The first-order valence-electron chi connectivity index (χ1n) is 5.22. The topological polar surface area (TPSA) is 162 Å². The second-order valence-electron chi connectivity index (χ2n) is 3.70. The minimum Gasteiger partial charge on any atom is -0.464 e. The van der Waals surface area contributed by atoms with Gasteiger partial charge in [0.2, 0.25) is 5.91 Å². The second-order valence-corrected chi connectivity index (χ2v) is 3.70. The van der Waals surface area contributed by atoms with Crippen LogP contribution in [-0.4, -0.2) is 45.3 Å². The number of methoxy groups -OCH3 is 1. The number of amides is 1. The van der Waals surface area contributed by atoms with Crippen LogP contribution < -0.4 is 11.5 Å². The van der Waals surface area contributed by atoms with Gasteiger partial charge < -0.3 is 26.4 Å². The maximum Gasteiger partial charge on any atom is 0.360 e. The SMILES string of the molecule is COC(=O)c1nc(C(O)C(O)CC(N)=O)cnc1N. The Morgan fingerprint density at radius 1 is 1.47 bits per heavy atom. The van der Waals surface area contributed by atoms with E-state index in [0.717, 1.165) is 13.3 Å². The van der Waals surface area contributed by atoms with E-state index in [-0.39, 0.29) is 17.2 Å². The third-order valence-corrected chi connectivity index (χ3v) is 2.28. The van der Waals surface area contributed by atoms with Gasteiger partial charge in [-0.3, -0.25) is 4.79 Å². The summed E-state index contributed by atoms with van der Waals surface area (Å²) < 4.78 is 4.44. The van der Waals surface area contributed by atoms with Crippen molar-refractivity contribution in [3.05, 3.63) is 17.6 Å². The monoisotopic (exact) mass is 270 g/mol. The summed E-state index contributed by atoms with van der Waals surface area (Å²) in [6, 6.07) is 0. The number of carbonyl (C=O) groups excluding carboxylic acids is 2. The zero-order valence-electron chi connectivity index (χ0n) is 10.1. The Balaban J connectivity index is 3.01. The highest BCUT2D eigenvalue weighted by Gasteiger charge is 2.24. The van der Waals surface area contributed by atoms with Gasteiger partial charge in [-0.15, -0.1) is 0 Å². The number of hydrogen-bond acceptors (Lipinski definition) is 8. The van der Waals surface area contributed by atoms with E-state index in [0.29, 0.717) is 0 Å². The molecule has 1 aromatic heterocycles. The highest BCUT2D eigenvalue weighted by molar-refractivity contribution is 5.91. The van der Waals surface area contributed by atoms with Gasteiger partial charge in [0.1, 0.15) is 6.10 Å². The summed E-state index contributed by atoms with van der Waals surface area (Å²) in [6.45, 7) is 0. The summed E-state index contributed by atoms with van der Waals surface area (Å²) in [5.74, 6) is -1.79. The van der Waals surface area contributed by atoms with Crippen LogP contribution in [-0.2, 0) is 9.53 Å². The van der Waals surface area contributed by atoms with Crippen molar-refractivity contribution >= 4 is 17.7 Å². The van der Waals surface area contributed by atoms with Gasteiger partial charge in [-0.25, -0.2) is 14.8 Å². The Kier molecular flexibility index (Phi) is 4.73. The van der Waals surface area contributed by atoms with Crippen LogP contribution in [0.1, 0.15) is 28.7 Å². The number of rotatable bonds is 5. The van der Waals surface area contributed by atoms with Crippen LogP contribution in [0.5, 0.6) is 0 Å². The van der Waals surface area contributed by atoms with Gasteiger partial charge in [-0.2, -0.15) is 0 Å². The molecule has 0 bridgehead atoms. The van der Waals surface area contributed by atoms with Crippen molar-refractivity contribution < 1.29 is 24.5 Å². The van der Waals surface area contributed by atoms with Crippen LogP contribution in [0.25, 0.3) is 0 Å². The summed E-state index contributed by atoms with van der Waals surface area (Å²) in [6.07, 6.45) is -2.36. The van der Waals surface area contributed by atoms with E-state index in [4.69, 9.17) is 11.5 Å². The predicted molar refractivity (Wildman–Crippen MR) is 62.6 cm³/mol. The van der Waals surface area contributed by atoms with E-state index in [2.05, 4.69) is 14.7 Å². The number of hydrogen-bond donors (Lipinski definition) is 4. The van der Waals surface area contributed by atoms with Gasteiger partial charge in [0, 0.05) is 0 Å². The van der Waals surface area contributed by atoms with Gasteiger partial charge in [-0.1, -0.05) is 0 Å². The number of anilines is 1. The molecule has 0 saturated heterocycles. The highest BCUT2D eigenvalue weighted by atomic mass is 16.5. The minimum atomic E-state index is -1.52. The molecule has 19 heavy (non-hydrogen) atoms. The first-order chi connectivity index (χ1) is 8.86. The molecule has 0 radical (unpaired) electrons. The average Bonchev–Trinajstić information content (AvgIpc) is 2.36. The minimum absolute atomic E-state index is 0.122. The molecule has 1 aromatic rings. The number of aromatic nitrogens is 2. The lowest BCUT2D eigenvalue weighted by molar-refractivity contribution is -0.121. The Morgan fingerprint density at radius 2 is 2.11 bits per heavy atom. The van der Waals surface area contributed by atoms with E-state index < -0.39 is 30.5 Å². The molecule has 0 aromatic carbocycles. The molecule has 0 spiro atoms. The molecule has 0 aliphatic carbocycles. The molecular weight excluding hydrogens is 256 g/mol. The van der Waals surface area contributed by atoms with Crippen molar-refractivity contribution in [2.24, 2.45) is 5.73 Å². The maximum absolute atomic E-state index is 11.3. The molecule has 2 atom stereocenters. The number of aliphatic hydroxyl groups excluding tert-OH is 2. The maximum atomic E-state index is 11.3. The van der Waals surface area contributed by atoms with Gasteiger partial charge >= 0.3 is 5.97 Å². The number of carbonyl (C=O) groups is 2. The van der Waals surface area contributed by atoms with Crippen LogP contribution in [0.2, 0.25) is 0 Å². The fourth-order valence-corrected chi connectivity index (χ4v) is 1.32. The summed E-state index contributed by atoms with van der Waals surface area (Å²) >= 11 is 0. The van der Waals surface area contributed by atoms with Crippen LogP contribution >= 0.6 is 0 Å². The molecule has 1 amide bonds. The zero-order valence-corrected chi connectivity index (χ0v) is 10.1. The van der Waals surface area contributed by atoms with Gasteiger partial charge in [0.25, 0.3) is 0 Å². The predicted octanol–water partition coefficient (Wildman–Crippen LogP) is -1.88. The largest absolute Gasteiger partial charge is 0.464 e. The van der Waals surface area contributed by atoms with E-state index >= 15 is 0 Å². The van der Waals surface area contributed by atoms with E-state index in [9.17, 15) is 19.8 Å². The summed E-state index contributed by atoms with van der Waals surface area (Å²) in [7, 11) is 1.13. The molecule has 9 nitrogen and oxygen atoms in total. The normalized spacial score (nSPS) is 13.6. The van der Waals surface area contributed by atoms with Crippen molar-refractivity contribution in [2.45, 2.75) is 18.6 Å². The summed E-state index contributed by atoms with van der Waals surface area (Å²) in [4.78, 5) is 29.4. The number of primary amides is 1. The smallest absolute Gasteiger partial charge is 0.360 e. The molecule has 0 aliphatic heterocycles. The first kappa shape index (κ1) is 14.8. The lowest BCUT2D eigenvalue weighted by atomic mass is 10.1. The molecule has 0 aliphatic rings. The third kappa shape index (κ3) is 3.60. The number of nitrogens with two attached hydrogens (primary N) is 2. The fraction of sp³-hybridized carbons (Fsp3) is 0.400. The van der Waals surface area contributed by atoms with Crippen molar-refractivity contribution in [1.82, 2.24) is 9.97 Å². The zero-order chi connectivity index (χ0) is 14.6. The van der Waals surface area contributed by atoms with Crippen molar-refractivity contribution in [1.29, 1.82) is 0 Å². The molecular formula is C10H14N4O5. The number of nitrogens with zero attached hydrogens (tertiary/aromatic N) is 2. The van der Waals surface area contributed by atoms with Gasteiger partial charge in [0.05, 0.1) is 31.5 Å². The standard InChI is InChI=1S/C10H14N4O5/c1-19-10(18)7-9(12)13-3-4(14-7)8(17)5(15)2-6(11)16/h3,5,8,15,17H,2H2,1H3,(H2,11,16)(H2,12,13). The molecule has 2 unspecified atom stereocenters. The molecule has 0 fully saturated rings. The Bertz CT molecular complexity index is 493. The quantitative estimate of drug-likeness (QED) is 0.451. The van der Waals surface area contributed by atoms with Crippen molar-refractivity contribution in [2.75, 3.05) is 12.8 Å². The first-order valence-corrected chi connectivity index (χ1v) is 5.22. The van der Waals surface area contributed by atoms with Crippen LogP contribution in [0.4, 0.5) is 5.82 Å². The molecule has 104 valence electrons. The molecule has 1 rings (SSSR count). The van der Waals surface area contributed by atoms with Crippen LogP contribution in [0, 0.1) is 0 Å². The van der Waals surface area contributed by atoms with Crippen molar-refractivity contribution in [3.63, 3.8) is 0 Å². The Hall–Kier alpha value is -2.26. The van der Waals surface area contributed by atoms with E-state index in [1.54, 1.807) is 0 Å². The summed E-state index contributed by atoms with van der Waals surface area (Å²) in [5, 5.41) is 19.3.